The van der Waals surface area contributed by atoms with E-state index in [0.29, 0.717) is 29.7 Å². The van der Waals surface area contributed by atoms with Crippen LogP contribution in [-0.4, -0.2) is 94.7 Å². The van der Waals surface area contributed by atoms with Crippen LogP contribution in [0.15, 0.2) is 72.9 Å². The number of aromatic nitrogens is 2. The summed E-state index contributed by atoms with van der Waals surface area (Å²) in [7, 11) is 0. The molecule has 13 heteroatoms. The smallest absolute Gasteiger partial charge is 0.262 e. The zero-order chi connectivity index (χ0) is 36.6. The van der Waals surface area contributed by atoms with Crippen molar-refractivity contribution < 1.29 is 19.2 Å². The SMILES string of the molecule is Cc1cc(-c2ccnc(Nc3ccc(N4CCN(C5CCN(c6ccc7c(c6)C(=O)N(C6CCC(=O)NC6=O)C7=O)CC5)CC4)cc3)n2)ccc1CN. The van der Waals surface area contributed by atoms with Crippen LogP contribution < -0.4 is 26.2 Å². The largest absolute Gasteiger partial charge is 0.371 e. The van der Waals surface area contributed by atoms with Gasteiger partial charge in [-0.3, -0.25) is 34.3 Å². The van der Waals surface area contributed by atoms with Gasteiger partial charge in [-0.05, 0) is 91.9 Å². The second-order valence-electron chi connectivity index (χ2n) is 14.2. The van der Waals surface area contributed by atoms with Crippen LogP contribution >= 0.6 is 0 Å². The van der Waals surface area contributed by atoms with Gasteiger partial charge in [0.25, 0.3) is 11.8 Å². The van der Waals surface area contributed by atoms with Gasteiger partial charge in [0.2, 0.25) is 17.8 Å². The summed E-state index contributed by atoms with van der Waals surface area (Å²) in [4.78, 5) is 68.0. The van der Waals surface area contributed by atoms with E-state index in [2.05, 4.69) is 73.6 Å². The molecule has 53 heavy (non-hydrogen) atoms. The van der Waals surface area contributed by atoms with Gasteiger partial charge in [-0.1, -0.05) is 12.1 Å². The number of benzene rings is 3. The van der Waals surface area contributed by atoms with E-state index in [0.717, 1.165) is 90.8 Å². The maximum absolute atomic E-state index is 13.3. The molecule has 13 nitrogen and oxygen atoms in total. The Bertz CT molecular complexity index is 2070. The summed E-state index contributed by atoms with van der Waals surface area (Å²) in [5, 5.41) is 5.60. The third kappa shape index (κ3) is 6.85. The minimum absolute atomic E-state index is 0.101. The fourth-order valence-corrected chi connectivity index (χ4v) is 8.04. The Hall–Kier alpha value is -5.66. The van der Waals surface area contributed by atoms with E-state index in [1.807, 2.05) is 18.2 Å². The molecule has 1 atom stereocenters. The fraction of sp³-hybridized carbons (Fsp3) is 0.350. The van der Waals surface area contributed by atoms with Crippen LogP contribution in [-0.2, 0) is 16.1 Å². The molecule has 8 rings (SSSR count). The minimum Gasteiger partial charge on any atom is -0.371 e. The Kier molecular flexibility index (Phi) is 9.35. The summed E-state index contributed by atoms with van der Waals surface area (Å²) >= 11 is 0. The number of imide groups is 2. The molecule has 0 radical (unpaired) electrons. The van der Waals surface area contributed by atoms with E-state index in [-0.39, 0.29) is 18.7 Å². The van der Waals surface area contributed by atoms with E-state index in [1.165, 1.54) is 5.69 Å². The monoisotopic (exact) mass is 713 g/mol. The van der Waals surface area contributed by atoms with Gasteiger partial charge < -0.3 is 20.9 Å². The molecule has 0 aliphatic carbocycles. The number of anilines is 4. The van der Waals surface area contributed by atoms with Gasteiger partial charge >= 0.3 is 0 Å². The number of aryl methyl sites for hydroxylation is 1. The maximum Gasteiger partial charge on any atom is 0.262 e. The van der Waals surface area contributed by atoms with Crippen molar-refractivity contribution in [1.29, 1.82) is 0 Å². The quantitative estimate of drug-likeness (QED) is 0.228. The summed E-state index contributed by atoms with van der Waals surface area (Å²) < 4.78 is 0. The molecule has 1 aromatic heterocycles. The van der Waals surface area contributed by atoms with Crippen LogP contribution in [0.4, 0.5) is 23.0 Å². The third-order valence-corrected chi connectivity index (χ3v) is 11.1. The molecule has 5 heterocycles. The Morgan fingerprint density at radius 1 is 0.792 bits per heavy atom. The molecule has 4 amide bonds. The van der Waals surface area contributed by atoms with Gasteiger partial charge in [-0.2, -0.15) is 0 Å². The molecule has 1 unspecified atom stereocenters. The molecule has 4 N–H and O–H groups in total. The third-order valence-electron chi connectivity index (χ3n) is 11.1. The highest BCUT2D eigenvalue weighted by atomic mass is 16.2. The number of nitrogens with one attached hydrogen (secondary N) is 2. The van der Waals surface area contributed by atoms with Crippen LogP contribution in [0.2, 0.25) is 0 Å². The fourth-order valence-electron chi connectivity index (χ4n) is 8.04. The Labute approximate surface area is 308 Å². The van der Waals surface area contributed by atoms with Crippen LogP contribution in [0.25, 0.3) is 11.3 Å². The summed E-state index contributed by atoms with van der Waals surface area (Å²) in [5.41, 5.74) is 13.6. The number of hydrogen-bond acceptors (Lipinski definition) is 11. The van der Waals surface area contributed by atoms with Crippen LogP contribution in [0, 0.1) is 6.92 Å². The standard InChI is InChI=1S/C40H43N9O4/c1-25-22-26(2-3-27(25)24-41)34-12-15-42-40(44-34)43-28-4-6-29(7-5-28)47-18-20-48(21-19-47)30-13-16-46(17-14-30)31-8-9-32-33(23-31)39(53)49(38(32)52)35-10-11-36(50)45-37(35)51/h2-9,12,15,22-23,30,35H,10-11,13-14,16-21,24,41H2,1H3,(H,42,43,44)(H,45,50,51). The van der Waals surface area contributed by atoms with Gasteiger partial charge in [-0.25, -0.2) is 9.97 Å². The first-order valence-electron chi connectivity index (χ1n) is 18.4. The average molecular weight is 714 g/mol. The van der Waals surface area contributed by atoms with Crippen LogP contribution in [0.5, 0.6) is 0 Å². The Morgan fingerprint density at radius 3 is 2.23 bits per heavy atom. The van der Waals surface area contributed by atoms with Crippen molar-refractivity contribution in [2.24, 2.45) is 5.73 Å². The van der Waals surface area contributed by atoms with Gasteiger partial charge in [0.05, 0.1) is 16.8 Å². The number of carbonyl (C=O) groups is 4. The number of amides is 4. The number of fused-ring (bicyclic) bond motifs is 1. The molecule has 0 bridgehead atoms. The molecule has 272 valence electrons. The molecule has 0 spiro atoms. The van der Waals surface area contributed by atoms with Gasteiger partial charge in [-0.15, -0.1) is 0 Å². The first-order valence-corrected chi connectivity index (χ1v) is 18.4. The highest BCUT2D eigenvalue weighted by Gasteiger charge is 2.45. The van der Waals surface area contributed by atoms with E-state index >= 15 is 0 Å². The normalized spacial score (nSPS) is 19.8. The Morgan fingerprint density at radius 2 is 1.51 bits per heavy atom. The summed E-state index contributed by atoms with van der Waals surface area (Å²) in [6.07, 6.45) is 4.03. The lowest BCUT2D eigenvalue weighted by molar-refractivity contribution is -0.136. The molecule has 3 saturated heterocycles. The van der Waals surface area contributed by atoms with Crippen LogP contribution in [0.3, 0.4) is 0 Å². The zero-order valence-electron chi connectivity index (χ0n) is 29.8. The maximum atomic E-state index is 13.3. The molecule has 3 fully saturated rings. The zero-order valence-corrected chi connectivity index (χ0v) is 29.8. The van der Waals surface area contributed by atoms with Crippen molar-refractivity contribution >= 4 is 46.6 Å². The number of piperidine rings is 2. The van der Waals surface area contributed by atoms with Gasteiger partial charge in [0, 0.05) is 87.1 Å². The Balaban J connectivity index is 0.826. The summed E-state index contributed by atoms with van der Waals surface area (Å²) in [6.45, 7) is 8.16. The predicted octanol–water partition coefficient (Wildman–Crippen LogP) is 3.85. The predicted molar refractivity (Wildman–Crippen MR) is 202 cm³/mol. The minimum atomic E-state index is -0.962. The van der Waals surface area contributed by atoms with Crippen molar-refractivity contribution in [3.8, 4) is 11.3 Å². The number of nitrogens with two attached hydrogens (primary N) is 1. The lowest BCUT2D eigenvalue weighted by Gasteiger charge is -2.44. The second kappa shape index (κ2) is 14.4. The summed E-state index contributed by atoms with van der Waals surface area (Å²) in [5.74, 6) is -1.38. The van der Waals surface area contributed by atoms with Crippen molar-refractivity contribution in [2.75, 3.05) is 54.4 Å². The molecular formula is C40H43N9O4. The average Bonchev–Trinajstić information content (AvgIpc) is 3.43. The number of hydrogen-bond donors (Lipinski definition) is 3. The highest BCUT2D eigenvalue weighted by molar-refractivity contribution is 6.23. The van der Waals surface area contributed by atoms with Crippen molar-refractivity contribution in [3.63, 3.8) is 0 Å². The van der Waals surface area contributed by atoms with E-state index in [9.17, 15) is 19.2 Å². The van der Waals surface area contributed by atoms with Crippen molar-refractivity contribution in [2.45, 2.75) is 51.2 Å². The van der Waals surface area contributed by atoms with Gasteiger partial charge in [0.15, 0.2) is 0 Å². The second-order valence-corrected chi connectivity index (χ2v) is 14.2. The molecular weight excluding hydrogens is 670 g/mol. The van der Waals surface area contributed by atoms with E-state index in [4.69, 9.17) is 10.7 Å². The number of piperazine rings is 1. The van der Waals surface area contributed by atoms with E-state index < -0.39 is 23.8 Å². The molecule has 4 aliphatic heterocycles. The lowest BCUT2D eigenvalue weighted by atomic mass is 10.0. The van der Waals surface area contributed by atoms with Crippen molar-refractivity contribution in [3.05, 3.63) is 95.2 Å². The number of nitrogens with zero attached hydrogens (tertiary/aromatic N) is 6. The van der Waals surface area contributed by atoms with Crippen molar-refractivity contribution in [1.82, 2.24) is 25.1 Å². The highest BCUT2D eigenvalue weighted by Crippen LogP contribution is 2.33. The number of carbonyl (C=O) groups excluding carboxylic acids is 4. The molecule has 4 aromatic rings. The molecule has 4 aliphatic rings. The topological polar surface area (TPSA) is 157 Å². The molecule has 3 aromatic carbocycles. The first-order chi connectivity index (χ1) is 25.7. The number of rotatable bonds is 8. The first kappa shape index (κ1) is 34.4. The molecule has 0 saturated carbocycles. The van der Waals surface area contributed by atoms with Crippen LogP contribution in [0.1, 0.15) is 57.5 Å². The summed E-state index contributed by atoms with van der Waals surface area (Å²) in [6, 6.07) is 21.5. The van der Waals surface area contributed by atoms with Gasteiger partial charge in [0.1, 0.15) is 6.04 Å². The van der Waals surface area contributed by atoms with E-state index in [1.54, 1.807) is 18.3 Å². The lowest BCUT2D eigenvalue weighted by Crippen LogP contribution is -2.54.